The van der Waals surface area contributed by atoms with Crippen LogP contribution in [0.25, 0.3) is 0 Å². The maximum Gasteiger partial charge on any atom is 0.341 e. The van der Waals surface area contributed by atoms with Crippen molar-refractivity contribution in [1.29, 1.82) is 0 Å². The molecule has 0 amide bonds. The molecule has 1 atom stereocenters. The number of thioether (sulfide) groups is 1. The van der Waals surface area contributed by atoms with E-state index < -0.39 is 16.0 Å². The number of aromatic hydroxyl groups is 1. The number of hydrogen-bond acceptors (Lipinski definition) is 6. The fraction of sp³-hybridized carbons (Fsp3) is 0.462. The number of methoxy groups -OCH3 is 1. The predicted molar refractivity (Wildman–Crippen MR) is 80.1 cm³/mol. The molecule has 1 aliphatic rings. The highest BCUT2D eigenvalue weighted by molar-refractivity contribution is 7.99. The molecule has 0 aliphatic carbocycles. The van der Waals surface area contributed by atoms with Crippen LogP contribution in [0.5, 0.6) is 5.75 Å². The van der Waals surface area contributed by atoms with Crippen molar-refractivity contribution in [2.75, 3.05) is 25.7 Å². The Kier molecular flexibility index (Phi) is 4.80. The molecule has 1 aliphatic heterocycles. The van der Waals surface area contributed by atoms with Gasteiger partial charge in [-0.2, -0.15) is 16.1 Å². The van der Waals surface area contributed by atoms with Gasteiger partial charge in [0, 0.05) is 18.8 Å². The van der Waals surface area contributed by atoms with E-state index in [0.717, 1.165) is 24.0 Å². The van der Waals surface area contributed by atoms with Crippen molar-refractivity contribution in [1.82, 2.24) is 4.31 Å². The molecular formula is C13H17NO5S2. The van der Waals surface area contributed by atoms with Gasteiger partial charge < -0.3 is 9.84 Å². The Labute approximate surface area is 128 Å². The Morgan fingerprint density at radius 3 is 2.76 bits per heavy atom. The lowest BCUT2D eigenvalue weighted by molar-refractivity contribution is 0.0597. The maximum atomic E-state index is 12.6. The van der Waals surface area contributed by atoms with Gasteiger partial charge >= 0.3 is 5.97 Å². The highest BCUT2D eigenvalue weighted by Crippen LogP contribution is 2.28. The van der Waals surface area contributed by atoms with Gasteiger partial charge in [0.1, 0.15) is 11.3 Å². The molecule has 1 N–H and O–H groups in total. The number of hydrogen-bond donors (Lipinski definition) is 1. The van der Waals surface area contributed by atoms with Gasteiger partial charge in [0.25, 0.3) is 0 Å². The Morgan fingerprint density at radius 1 is 1.48 bits per heavy atom. The first-order valence-electron chi connectivity index (χ1n) is 6.35. The van der Waals surface area contributed by atoms with Crippen LogP contribution in [0, 0.1) is 0 Å². The van der Waals surface area contributed by atoms with Crippen LogP contribution >= 0.6 is 11.8 Å². The molecular weight excluding hydrogens is 314 g/mol. The second-order valence-corrected chi connectivity index (χ2v) is 7.86. The molecule has 1 saturated heterocycles. The van der Waals surface area contributed by atoms with E-state index >= 15 is 0 Å². The fourth-order valence-electron chi connectivity index (χ4n) is 2.12. The number of ether oxygens (including phenoxy) is 1. The Morgan fingerprint density at radius 2 is 2.19 bits per heavy atom. The van der Waals surface area contributed by atoms with Crippen LogP contribution in [0.15, 0.2) is 23.1 Å². The van der Waals surface area contributed by atoms with Gasteiger partial charge in [0.15, 0.2) is 0 Å². The highest BCUT2D eigenvalue weighted by atomic mass is 32.2. The average molecular weight is 331 g/mol. The lowest BCUT2D eigenvalue weighted by Gasteiger charge is -2.23. The van der Waals surface area contributed by atoms with Crippen LogP contribution in [0.1, 0.15) is 16.8 Å². The molecule has 0 spiro atoms. The van der Waals surface area contributed by atoms with Gasteiger partial charge in [-0.05, 0) is 30.4 Å². The minimum Gasteiger partial charge on any atom is -0.507 e. The topological polar surface area (TPSA) is 83.9 Å². The summed E-state index contributed by atoms with van der Waals surface area (Å²) in [5.41, 5.74) is -0.159. The third-order valence-corrected chi connectivity index (χ3v) is 6.52. The van der Waals surface area contributed by atoms with Gasteiger partial charge in [-0.3, -0.25) is 0 Å². The Balaban J connectivity index is 2.38. The smallest absolute Gasteiger partial charge is 0.341 e. The van der Waals surface area contributed by atoms with Crippen molar-refractivity contribution in [2.45, 2.75) is 17.4 Å². The quantitative estimate of drug-likeness (QED) is 0.838. The Hall–Kier alpha value is -1.25. The molecule has 1 heterocycles. The number of rotatable bonds is 4. The number of sulfonamides is 1. The number of carbonyl (C=O) groups excluding carboxylic acids is 1. The summed E-state index contributed by atoms with van der Waals surface area (Å²) in [5.74, 6) is 0.619. The van der Waals surface area contributed by atoms with Gasteiger partial charge in [-0.15, -0.1) is 0 Å². The van der Waals surface area contributed by atoms with E-state index in [-0.39, 0.29) is 22.3 Å². The molecule has 0 bridgehead atoms. The number of phenolic OH excluding ortho intramolecular Hbond substituents is 1. The molecule has 6 nitrogen and oxygen atoms in total. The Bertz CT molecular complexity index is 638. The number of benzene rings is 1. The van der Waals surface area contributed by atoms with Crippen LogP contribution in [0.3, 0.4) is 0 Å². The lowest BCUT2D eigenvalue weighted by Crippen LogP contribution is -2.37. The summed E-state index contributed by atoms with van der Waals surface area (Å²) in [4.78, 5) is 11.5. The number of carbonyl (C=O) groups is 1. The standard InChI is InChI=1S/C13H17NO5S2/c1-14(9-5-6-20-8-9)21(17,18)10-3-4-12(15)11(7-10)13(16)19-2/h3-4,7,9,15H,5-6,8H2,1-2H3. The highest BCUT2D eigenvalue weighted by Gasteiger charge is 2.31. The van der Waals surface area contributed by atoms with Crippen molar-refractivity contribution in [3.05, 3.63) is 23.8 Å². The second-order valence-electron chi connectivity index (χ2n) is 4.71. The maximum absolute atomic E-state index is 12.6. The third kappa shape index (κ3) is 3.17. The fourth-order valence-corrected chi connectivity index (χ4v) is 4.89. The summed E-state index contributed by atoms with van der Waals surface area (Å²) in [7, 11) is -0.993. The average Bonchev–Trinajstić information content (AvgIpc) is 2.99. The normalized spacial score (nSPS) is 18.9. The van der Waals surface area contributed by atoms with E-state index in [1.807, 2.05) is 0 Å². The molecule has 0 saturated carbocycles. The first-order chi connectivity index (χ1) is 9.87. The third-order valence-electron chi connectivity index (χ3n) is 3.47. The molecule has 1 fully saturated rings. The van der Waals surface area contributed by atoms with Crippen LogP contribution in [0.4, 0.5) is 0 Å². The minimum atomic E-state index is -3.70. The first-order valence-corrected chi connectivity index (χ1v) is 8.94. The summed E-state index contributed by atoms with van der Waals surface area (Å²) < 4.78 is 31.0. The summed E-state index contributed by atoms with van der Waals surface area (Å²) >= 11 is 1.72. The first kappa shape index (κ1) is 16.1. The van der Waals surface area contributed by atoms with Crippen LogP contribution in [0.2, 0.25) is 0 Å². The number of nitrogens with zero attached hydrogens (tertiary/aromatic N) is 1. The molecule has 0 aromatic heterocycles. The molecule has 0 radical (unpaired) electrons. The van der Waals surface area contributed by atoms with E-state index in [4.69, 9.17) is 0 Å². The van der Waals surface area contributed by atoms with Crippen LogP contribution < -0.4 is 0 Å². The van der Waals surface area contributed by atoms with Gasteiger partial charge in [0.05, 0.1) is 12.0 Å². The van der Waals surface area contributed by atoms with E-state index in [1.165, 1.54) is 30.6 Å². The van der Waals surface area contributed by atoms with Gasteiger partial charge in [-0.25, -0.2) is 13.2 Å². The van der Waals surface area contributed by atoms with Crippen molar-refractivity contribution in [3.8, 4) is 5.75 Å². The van der Waals surface area contributed by atoms with Crippen molar-refractivity contribution < 1.29 is 23.1 Å². The van der Waals surface area contributed by atoms with Gasteiger partial charge in [0.2, 0.25) is 10.0 Å². The summed E-state index contributed by atoms with van der Waals surface area (Å²) in [6.45, 7) is 0. The molecule has 1 aromatic rings. The largest absolute Gasteiger partial charge is 0.507 e. The van der Waals surface area contributed by atoms with Gasteiger partial charge in [-0.1, -0.05) is 0 Å². The predicted octanol–water partition coefficient (Wildman–Crippen LogP) is 1.30. The second kappa shape index (κ2) is 6.25. The zero-order valence-corrected chi connectivity index (χ0v) is 13.4. The minimum absolute atomic E-state index is 0.0277. The van der Waals surface area contributed by atoms with Crippen molar-refractivity contribution in [3.63, 3.8) is 0 Å². The molecule has 1 unspecified atom stereocenters. The van der Waals surface area contributed by atoms with Crippen LogP contribution in [-0.4, -0.2) is 55.5 Å². The SMILES string of the molecule is COC(=O)c1cc(S(=O)(=O)N(C)C2CCSC2)ccc1O. The lowest BCUT2D eigenvalue weighted by atomic mass is 10.2. The van der Waals surface area contributed by atoms with Crippen LogP contribution in [-0.2, 0) is 14.8 Å². The number of phenols is 1. The van der Waals surface area contributed by atoms with Crippen molar-refractivity contribution in [2.24, 2.45) is 0 Å². The van der Waals surface area contributed by atoms with E-state index in [2.05, 4.69) is 4.74 Å². The van der Waals surface area contributed by atoms with E-state index in [0.29, 0.717) is 0 Å². The zero-order chi connectivity index (χ0) is 15.6. The summed E-state index contributed by atoms with van der Waals surface area (Å²) in [6, 6.07) is 3.58. The zero-order valence-electron chi connectivity index (χ0n) is 11.8. The van der Waals surface area contributed by atoms with Crippen molar-refractivity contribution >= 4 is 27.8 Å². The molecule has 8 heteroatoms. The molecule has 2 rings (SSSR count). The summed E-state index contributed by atoms with van der Waals surface area (Å²) in [5, 5.41) is 9.64. The molecule has 1 aromatic carbocycles. The number of esters is 1. The molecule has 21 heavy (non-hydrogen) atoms. The summed E-state index contributed by atoms with van der Waals surface area (Å²) in [6.07, 6.45) is 0.808. The monoisotopic (exact) mass is 331 g/mol. The van der Waals surface area contributed by atoms with E-state index in [9.17, 15) is 18.3 Å². The molecule has 116 valence electrons. The van der Waals surface area contributed by atoms with E-state index in [1.54, 1.807) is 11.8 Å².